The average molecular weight is 605 g/mol. The summed E-state index contributed by atoms with van der Waals surface area (Å²) in [5.74, 6) is 0. The minimum absolute atomic E-state index is 0.187. The van der Waals surface area contributed by atoms with Crippen molar-refractivity contribution >= 4 is 65.0 Å². The molecule has 0 radical (unpaired) electrons. The predicted molar refractivity (Wildman–Crippen MR) is 200 cm³/mol. The van der Waals surface area contributed by atoms with Crippen LogP contribution in [0, 0.1) is 0 Å². The fourth-order valence-corrected chi connectivity index (χ4v) is 7.36. The maximum Gasteiger partial charge on any atom is 0.136 e. The molecule has 1 aromatic heterocycles. The van der Waals surface area contributed by atoms with Gasteiger partial charge in [-0.05, 0) is 88.6 Å². The van der Waals surface area contributed by atoms with Gasteiger partial charge in [-0.3, -0.25) is 0 Å². The van der Waals surface area contributed by atoms with E-state index in [1.165, 1.54) is 0 Å². The molecule has 0 spiro atoms. The standard InChI is InChI=1S/C46H28O/c1-2-15-30-29(13-1)14-11-23-34(30)44-36-18-5-7-20-38(36)45(39-21-8-6-19-37(39)44)40-28-27-33(31-16-3-4-17-32(31)40)35-24-12-26-43-46(35)41-22-9-10-25-42(41)47-43/h1-28H/i5D,6D,7D,8D,18D,19D,20D,21D. The molecule has 218 valence electrons. The maximum atomic E-state index is 9.47. The highest BCUT2D eigenvalue weighted by molar-refractivity contribution is 6.26. The summed E-state index contributed by atoms with van der Waals surface area (Å²) in [6, 6.07) is 36.1. The molecule has 0 saturated carbocycles. The molecule has 1 nitrogen and oxygen atoms in total. The molecule has 0 fully saturated rings. The van der Waals surface area contributed by atoms with Crippen LogP contribution in [0.2, 0.25) is 0 Å². The molecule has 0 amide bonds. The molecule has 47 heavy (non-hydrogen) atoms. The van der Waals surface area contributed by atoms with E-state index >= 15 is 0 Å². The van der Waals surface area contributed by atoms with E-state index in [1.807, 2.05) is 115 Å². The molecule has 9 aromatic carbocycles. The second kappa shape index (κ2) is 10.2. The fraction of sp³-hybridized carbons (Fsp3) is 0. The molecule has 0 unspecified atom stereocenters. The van der Waals surface area contributed by atoms with Gasteiger partial charge in [-0.1, -0.05) is 158 Å². The summed E-state index contributed by atoms with van der Waals surface area (Å²) >= 11 is 0. The van der Waals surface area contributed by atoms with Crippen LogP contribution in [0.3, 0.4) is 0 Å². The van der Waals surface area contributed by atoms with Crippen molar-refractivity contribution in [3.63, 3.8) is 0 Å². The van der Waals surface area contributed by atoms with Crippen LogP contribution in [0.15, 0.2) is 174 Å². The summed E-state index contributed by atoms with van der Waals surface area (Å²) in [6.45, 7) is 0. The van der Waals surface area contributed by atoms with Gasteiger partial charge in [0.1, 0.15) is 11.2 Å². The number of rotatable bonds is 3. The van der Waals surface area contributed by atoms with E-state index in [2.05, 4.69) is 6.07 Å². The van der Waals surface area contributed by atoms with E-state index in [1.54, 1.807) is 0 Å². The SMILES string of the molecule is [2H]c1c([2H])c([2H])c2c(-c3ccc(-c4cccc5oc6ccccc6c45)c4ccccc34)c3c([2H])c([2H])c([2H])c([2H])c3c(-c3cccc4ccccc34)c2c1[2H]. The van der Waals surface area contributed by atoms with E-state index in [4.69, 9.17) is 9.90 Å². The molecule has 0 aliphatic heterocycles. The Morgan fingerprint density at radius 3 is 1.51 bits per heavy atom. The van der Waals surface area contributed by atoms with Gasteiger partial charge >= 0.3 is 0 Å². The molecule has 0 saturated heterocycles. The van der Waals surface area contributed by atoms with Gasteiger partial charge in [0.2, 0.25) is 0 Å². The molecular formula is C46H28O. The van der Waals surface area contributed by atoms with Gasteiger partial charge in [-0.2, -0.15) is 0 Å². The number of hydrogen-bond acceptors (Lipinski definition) is 1. The molecular weight excluding hydrogens is 569 g/mol. The molecule has 0 N–H and O–H groups in total. The van der Waals surface area contributed by atoms with Crippen molar-refractivity contribution in [1.29, 1.82) is 0 Å². The number of furan rings is 1. The normalized spacial score (nSPS) is 14.2. The second-order valence-corrected chi connectivity index (χ2v) is 11.8. The number of benzene rings is 9. The van der Waals surface area contributed by atoms with E-state index in [0.717, 1.165) is 54.6 Å². The monoisotopic (exact) mass is 604 g/mol. The summed E-state index contributed by atoms with van der Waals surface area (Å²) in [5, 5.41) is 5.99. The topological polar surface area (TPSA) is 13.1 Å². The third-order valence-electron chi connectivity index (χ3n) is 9.32. The van der Waals surface area contributed by atoms with Crippen LogP contribution >= 0.6 is 0 Å². The van der Waals surface area contributed by atoms with Crippen LogP contribution in [0.5, 0.6) is 0 Å². The molecule has 1 heterocycles. The Morgan fingerprint density at radius 2 is 0.809 bits per heavy atom. The largest absolute Gasteiger partial charge is 0.456 e. The van der Waals surface area contributed by atoms with Gasteiger partial charge in [0.15, 0.2) is 0 Å². The van der Waals surface area contributed by atoms with Crippen molar-refractivity contribution in [3.8, 4) is 33.4 Å². The lowest BCUT2D eigenvalue weighted by Crippen LogP contribution is -1.93. The first-order valence-corrected chi connectivity index (χ1v) is 15.5. The summed E-state index contributed by atoms with van der Waals surface area (Å²) in [6.07, 6.45) is 0. The quantitative estimate of drug-likeness (QED) is 0.183. The third-order valence-corrected chi connectivity index (χ3v) is 9.32. The highest BCUT2D eigenvalue weighted by Gasteiger charge is 2.21. The van der Waals surface area contributed by atoms with Crippen LogP contribution in [0.4, 0.5) is 0 Å². The Bertz CT molecular complexity index is 3220. The molecule has 10 rings (SSSR count). The highest BCUT2D eigenvalue weighted by Crippen LogP contribution is 2.48. The van der Waals surface area contributed by atoms with Gasteiger partial charge in [-0.15, -0.1) is 0 Å². The molecule has 0 bridgehead atoms. The van der Waals surface area contributed by atoms with Crippen LogP contribution < -0.4 is 0 Å². The first kappa shape index (κ1) is 19.4. The number of fused-ring (bicyclic) bond motifs is 7. The van der Waals surface area contributed by atoms with Crippen molar-refractivity contribution in [1.82, 2.24) is 0 Å². The van der Waals surface area contributed by atoms with Crippen molar-refractivity contribution in [3.05, 3.63) is 170 Å². The van der Waals surface area contributed by atoms with Crippen molar-refractivity contribution < 1.29 is 15.4 Å². The Morgan fingerprint density at radius 1 is 0.340 bits per heavy atom. The van der Waals surface area contributed by atoms with Gasteiger partial charge < -0.3 is 4.42 Å². The zero-order valence-electron chi connectivity index (χ0n) is 33.0. The number of hydrogen-bond donors (Lipinski definition) is 0. The lowest BCUT2D eigenvalue weighted by Gasteiger charge is -2.20. The van der Waals surface area contributed by atoms with E-state index in [0.29, 0.717) is 22.3 Å². The molecule has 0 atom stereocenters. The van der Waals surface area contributed by atoms with Crippen molar-refractivity contribution in [2.75, 3.05) is 0 Å². The Labute approximate surface area is 283 Å². The van der Waals surface area contributed by atoms with Crippen LogP contribution in [0.25, 0.3) is 98.4 Å². The second-order valence-electron chi connectivity index (χ2n) is 11.8. The molecule has 0 aliphatic carbocycles. The van der Waals surface area contributed by atoms with Gasteiger partial charge in [0.05, 0.1) is 11.0 Å². The number of para-hydroxylation sites is 1. The van der Waals surface area contributed by atoms with Crippen LogP contribution in [0.1, 0.15) is 11.0 Å². The van der Waals surface area contributed by atoms with Crippen LogP contribution in [-0.2, 0) is 0 Å². The first-order valence-electron chi connectivity index (χ1n) is 19.5. The van der Waals surface area contributed by atoms with E-state index < -0.39 is 24.2 Å². The maximum absolute atomic E-state index is 9.47. The molecule has 1 heteroatoms. The zero-order valence-corrected chi connectivity index (χ0v) is 25.0. The lowest BCUT2D eigenvalue weighted by atomic mass is 9.83. The summed E-state index contributed by atoms with van der Waals surface area (Å²) in [5.41, 5.74) is 5.25. The summed E-state index contributed by atoms with van der Waals surface area (Å²) in [7, 11) is 0. The zero-order chi connectivity index (χ0) is 37.9. The Hall–Kier alpha value is -6.18. The highest BCUT2D eigenvalue weighted by atomic mass is 16.3. The summed E-state index contributed by atoms with van der Waals surface area (Å²) in [4.78, 5) is 0. The van der Waals surface area contributed by atoms with E-state index in [9.17, 15) is 5.48 Å². The minimum atomic E-state index is -0.428. The minimum Gasteiger partial charge on any atom is -0.456 e. The molecule has 10 aromatic rings. The Balaban J connectivity index is 1.43. The third kappa shape index (κ3) is 3.84. The average Bonchev–Trinajstić information content (AvgIpc) is 3.61. The summed E-state index contributed by atoms with van der Waals surface area (Å²) < 4.78 is 79.5. The van der Waals surface area contributed by atoms with Gasteiger partial charge in [-0.25, -0.2) is 0 Å². The molecule has 0 aliphatic rings. The lowest BCUT2D eigenvalue weighted by molar-refractivity contribution is 0.669. The van der Waals surface area contributed by atoms with Crippen LogP contribution in [-0.4, -0.2) is 0 Å². The van der Waals surface area contributed by atoms with E-state index in [-0.39, 0.29) is 45.7 Å². The van der Waals surface area contributed by atoms with Crippen molar-refractivity contribution in [2.45, 2.75) is 0 Å². The predicted octanol–water partition coefficient (Wildman–Crippen LogP) is 13.2. The Kier molecular flexibility index (Phi) is 4.19. The fourth-order valence-electron chi connectivity index (χ4n) is 7.36. The smallest absolute Gasteiger partial charge is 0.136 e. The first-order chi connectivity index (χ1) is 26.7. The van der Waals surface area contributed by atoms with Crippen molar-refractivity contribution in [2.24, 2.45) is 0 Å². The van der Waals surface area contributed by atoms with Gasteiger partial charge in [0, 0.05) is 10.8 Å². The van der Waals surface area contributed by atoms with Gasteiger partial charge in [0.25, 0.3) is 0 Å².